The number of morpholine rings is 1. The molecule has 0 aromatic carbocycles. The molecule has 1 aliphatic rings. The molecule has 0 radical (unpaired) electrons. The van der Waals surface area contributed by atoms with E-state index >= 15 is 0 Å². The third-order valence-electron chi connectivity index (χ3n) is 2.34. The van der Waals surface area contributed by atoms with Crippen LogP contribution in [0.2, 0.25) is 0 Å². The highest BCUT2D eigenvalue weighted by molar-refractivity contribution is 4.60. The van der Waals surface area contributed by atoms with Crippen LogP contribution in [0, 0.1) is 0 Å². The Kier molecular flexibility index (Phi) is 6.10. The average Bonchev–Trinajstić information content (AvgIpc) is 2.18. The molecule has 1 saturated heterocycles. The fourth-order valence-electron chi connectivity index (χ4n) is 1.37. The first-order chi connectivity index (χ1) is 6.79. The van der Waals surface area contributed by atoms with Gasteiger partial charge in [0, 0.05) is 26.2 Å². The van der Waals surface area contributed by atoms with Crippen molar-refractivity contribution in [3.63, 3.8) is 0 Å². The first-order valence-electron chi connectivity index (χ1n) is 5.31. The maximum absolute atomic E-state index is 5.52. The fraction of sp³-hybridized carbons (Fsp3) is 1.00. The molecule has 0 aromatic heterocycles. The van der Waals surface area contributed by atoms with Crippen LogP contribution in [-0.2, 0) is 9.47 Å². The van der Waals surface area contributed by atoms with Gasteiger partial charge in [-0.2, -0.15) is 0 Å². The lowest BCUT2D eigenvalue weighted by atomic mass is 10.4. The monoisotopic (exact) mass is 202 g/mol. The van der Waals surface area contributed by atoms with Crippen molar-refractivity contribution in [3.8, 4) is 0 Å². The molecule has 84 valence electrons. The van der Waals surface area contributed by atoms with E-state index in [9.17, 15) is 0 Å². The van der Waals surface area contributed by atoms with Crippen molar-refractivity contribution in [1.29, 1.82) is 0 Å². The van der Waals surface area contributed by atoms with Gasteiger partial charge in [-0.05, 0) is 14.1 Å². The molecule has 0 spiro atoms. The Morgan fingerprint density at radius 1 is 1.21 bits per heavy atom. The molecule has 1 aliphatic heterocycles. The quantitative estimate of drug-likeness (QED) is 0.561. The zero-order chi connectivity index (χ0) is 10.2. The van der Waals surface area contributed by atoms with E-state index in [1.807, 2.05) is 0 Å². The number of likely N-dealkylation sites (N-methyl/N-ethyl adjacent to an activating group) is 1. The van der Waals surface area contributed by atoms with Gasteiger partial charge >= 0.3 is 0 Å². The van der Waals surface area contributed by atoms with Crippen molar-refractivity contribution in [2.75, 3.05) is 66.7 Å². The fourth-order valence-corrected chi connectivity index (χ4v) is 1.37. The van der Waals surface area contributed by atoms with Crippen LogP contribution in [0.4, 0.5) is 0 Å². The topological polar surface area (TPSA) is 24.9 Å². The molecule has 4 heteroatoms. The van der Waals surface area contributed by atoms with Crippen LogP contribution in [0.3, 0.4) is 0 Å². The highest BCUT2D eigenvalue weighted by Crippen LogP contribution is 1.95. The molecule has 1 heterocycles. The van der Waals surface area contributed by atoms with Crippen molar-refractivity contribution >= 4 is 0 Å². The van der Waals surface area contributed by atoms with Gasteiger partial charge in [-0.15, -0.1) is 0 Å². The van der Waals surface area contributed by atoms with Crippen molar-refractivity contribution in [2.45, 2.75) is 0 Å². The summed E-state index contributed by atoms with van der Waals surface area (Å²) in [6, 6.07) is 0. The van der Waals surface area contributed by atoms with Crippen LogP contribution >= 0.6 is 0 Å². The molecule has 0 aromatic rings. The summed E-state index contributed by atoms with van der Waals surface area (Å²) in [5.41, 5.74) is 0. The highest BCUT2D eigenvalue weighted by Gasteiger charge is 2.08. The lowest BCUT2D eigenvalue weighted by molar-refractivity contribution is 0.0191. The minimum Gasteiger partial charge on any atom is -0.379 e. The van der Waals surface area contributed by atoms with Crippen LogP contribution in [0.5, 0.6) is 0 Å². The van der Waals surface area contributed by atoms with E-state index in [1.165, 1.54) is 0 Å². The number of hydrogen-bond acceptors (Lipinski definition) is 4. The highest BCUT2D eigenvalue weighted by atomic mass is 16.5. The normalized spacial score (nSPS) is 19.1. The van der Waals surface area contributed by atoms with Crippen LogP contribution in [0.25, 0.3) is 0 Å². The summed E-state index contributed by atoms with van der Waals surface area (Å²) in [7, 11) is 4.12. The van der Waals surface area contributed by atoms with Crippen molar-refractivity contribution < 1.29 is 9.47 Å². The predicted octanol–water partition coefficient (Wildman–Crippen LogP) is -0.103. The van der Waals surface area contributed by atoms with Gasteiger partial charge < -0.3 is 14.4 Å². The summed E-state index contributed by atoms with van der Waals surface area (Å²) in [5.74, 6) is 0. The standard InChI is InChI=1S/C10H22N2O2/c1-11(2)3-7-13-8-4-12-5-9-14-10-6-12/h3-10H2,1-2H3. The zero-order valence-electron chi connectivity index (χ0n) is 9.37. The van der Waals surface area contributed by atoms with Crippen LogP contribution in [-0.4, -0.2) is 76.5 Å². The van der Waals surface area contributed by atoms with E-state index < -0.39 is 0 Å². The van der Waals surface area contributed by atoms with Crippen molar-refractivity contribution in [2.24, 2.45) is 0 Å². The molecule has 14 heavy (non-hydrogen) atoms. The van der Waals surface area contributed by atoms with Gasteiger partial charge in [0.05, 0.1) is 26.4 Å². The van der Waals surface area contributed by atoms with Crippen LogP contribution in [0.1, 0.15) is 0 Å². The number of hydrogen-bond donors (Lipinski definition) is 0. The van der Waals surface area contributed by atoms with E-state index in [-0.39, 0.29) is 0 Å². The molecular formula is C10H22N2O2. The third kappa shape index (κ3) is 5.54. The van der Waals surface area contributed by atoms with E-state index in [1.54, 1.807) is 0 Å². The Bertz CT molecular complexity index is 136. The summed E-state index contributed by atoms with van der Waals surface area (Å²) in [4.78, 5) is 4.52. The summed E-state index contributed by atoms with van der Waals surface area (Å²) >= 11 is 0. The first kappa shape index (κ1) is 11.9. The summed E-state index contributed by atoms with van der Waals surface area (Å²) in [6.07, 6.45) is 0. The number of ether oxygens (including phenoxy) is 2. The van der Waals surface area contributed by atoms with Gasteiger partial charge in [0.25, 0.3) is 0 Å². The second-order valence-electron chi connectivity index (χ2n) is 3.87. The number of rotatable bonds is 6. The van der Waals surface area contributed by atoms with E-state index in [4.69, 9.17) is 9.47 Å². The Balaban J connectivity index is 1.87. The Morgan fingerprint density at radius 3 is 2.57 bits per heavy atom. The predicted molar refractivity (Wildman–Crippen MR) is 56.6 cm³/mol. The molecule has 1 fully saturated rings. The molecule has 0 atom stereocenters. The van der Waals surface area contributed by atoms with Crippen LogP contribution in [0.15, 0.2) is 0 Å². The molecule has 0 unspecified atom stereocenters. The summed E-state index contributed by atoms with van der Waals surface area (Å²) in [6.45, 7) is 7.56. The lowest BCUT2D eigenvalue weighted by Gasteiger charge is -2.26. The van der Waals surface area contributed by atoms with Gasteiger partial charge in [0.15, 0.2) is 0 Å². The largest absolute Gasteiger partial charge is 0.379 e. The Hall–Kier alpha value is -0.160. The van der Waals surface area contributed by atoms with E-state index in [0.29, 0.717) is 0 Å². The molecule has 1 rings (SSSR count). The lowest BCUT2D eigenvalue weighted by Crippen LogP contribution is -2.38. The second-order valence-corrected chi connectivity index (χ2v) is 3.87. The molecule has 0 N–H and O–H groups in total. The average molecular weight is 202 g/mol. The minimum absolute atomic E-state index is 0.831. The first-order valence-corrected chi connectivity index (χ1v) is 5.31. The molecule has 4 nitrogen and oxygen atoms in total. The molecule has 0 amide bonds. The zero-order valence-corrected chi connectivity index (χ0v) is 9.37. The molecule has 0 saturated carbocycles. The summed E-state index contributed by atoms with van der Waals surface area (Å²) < 4.78 is 10.8. The third-order valence-corrected chi connectivity index (χ3v) is 2.34. The van der Waals surface area contributed by atoms with Gasteiger partial charge in [-0.3, -0.25) is 4.90 Å². The van der Waals surface area contributed by atoms with E-state index in [2.05, 4.69) is 23.9 Å². The minimum atomic E-state index is 0.831. The second kappa shape index (κ2) is 7.17. The molecule has 0 bridgehead atoms. The Morgan fingerprint density at radius 2 is 1.93 bits per heavy atom. The molecular weight excluding hydrogens is 180 g/mol. The van der Waals surface area contributed by atoms with Crippen molar-refractivity contribution in [1.82, 2.24) is 9.80 Å². The maximum Gasteiger partial charge on any atom is 0.0594 e. The molecule has 0 aliphatic carbocycles. The van der Waals surface area contributed by atoms with Gasteiger partial charge in [-0.25, -0.2) is 0 Å². The van der Waals surface area contributed by atoms with E-state index in [0.717, 1.165) is 52.6 Å². The smallest absolute Gasteiger partial charge is 0.0594 e. The summed E-state index contributed by atoms with van der Waals surface area (Å²) in [5, 5.41) is 0. The Labute approximate surface area is 86.8 Å². The van der Waals surface area contributed by atoms with Gasteiger partial charge in [0.2, 0.25) is 0 Å². The maximum atomic E-state index is 5.52. The van der Waals surface area contributed by atoms with Gasteiger partial charge in [0.1, 0.15) is 0 Å². The van der Waals surface area contributed by atoms with Crippen LogP contribution < -0.4 is 0 Å². The van der Waals surface area contributed by atoms with Crippen molar-refractivity contribution in [3.05, 3.63) is 0 Å². The van der Waals surface area contributed by atoms with Gasteiger partial charge in [-0.1, -0.05) is 0 Å². The SMILES string of the molecule is CN(C)CCOCCN1CCOCC1. The number of nitrogens with zero attached hydrogens (tertiary/aromatic N) is 2.